The van der Waals surface area contributed by atoms with Crippen LogP contribution in [0.4, 0.5) is 0 Å². The van der Waals surface area contributed by atoms with Gasteiger partial charge < -0.3 is 20.4 Å². The lowest BCUT2D eigenvalue weighted by molar-refractivity contribution is -0.131. The molecule has 0 bridgehead atoms. The van der Waals surface area contributed by atoms with E-state index in [0.717, 1.165) is 12.1 Å². The fourth-order valence-electron chi connectivity index (χ4n) is 2.87. The molecule has 5 nitrogen and oxygen atoms in total. The number of carbonyl (C=O) groups excluding carboxylic acids is 1. The maximum Gasteiger partial charge on any atom is 0.223 e. The second kappa shape index (κ2) is 7.90. The number of nitrogens with one attached hydrogen (secondary N) is 1. The molecule has 1 aromatic rings. The Kier molecular flexibility index (Phi) is 6.16. The third-order valence-electron chi connectivity index (χ3n) is 4.29. The largest absolute Gasteiger partial charge is 0.388 e. The molecule has 0 radical (unpaired) electrons. The highest BCUT2D eigenvalue weighted by atomic mass is 16.3. The number of aryl methyl sites for hydroxylation is 1. The smallest absolute Gasteiger partial charge is 0.223 e. The molecule has 2 rings (SSSR count). The number of hydrogen-bond acceptors (Lipinski definition) is 4. The molecule has 1 amide bonds. The third kappa shape index (κ3) is 5.03. The van der Waals surface area contributed by atoms with Crippen molar-refractivity contribution >= 4 is 5.91 Å². The zero-order valence-corrected chi connectivity index (χ0v) is 14.0. The predicted molar refractivity (Wildman–Crippen MR) is 90.0 cm³/mol. The van der Waals surface area contributed by atoms with Gasteiger partial charge in [-0.05, 0) is 24.4 Å². The lowest BCUT2D eigenvalue weighted by atomic mass is 10.0. The van der Waals surface area contributed by atoms with E-state index < -0.39 is 11.7 Å². The van der Waals surface area contributed by atoms with Gasteiger partial charge in [-0.15, -0.1) is 0 Å². The summed E-state index contributed by atoms with van der Waals surface area (Å²) >= 11 is 0. The van der Waals surface area contributed by atoms with Crippen LogP contribution in [0, 0.1) is 5.92 Å². The van der Waals surface area contributed by atoms with Crippen molar-refractivity contribution < 1.29 is 15.0 Å². The van der Waals surface area contributed by atoms with Gasteiger partial charge in [0.25, 0.3) is 0 Å². The Hall–Kier alpha value is -1.43. The van der Waals surface area contributed by atoms with Crippen molar-refractivity contribution in [3.63, 3.8) is 0 Å². The van der Waals surface area contributed by atoms with E-state index in [1.54, 1.807) is 4.90 Å². The van der Waals surface area contributed by atoms with Crippen LogP contribution in [0.1, 0.15) is 25.8 Å². The zero-order chi connectivity index (χ0) is 16.9. The average molecular weight is 320 g/mol. The number of carbonyl (C=O) groups is 1. The normalized spacial score (nSPS) is 24.4. The van der Waals surface area contributed by atoms with E-state index >= 15 is 0 Å². The molecular weight excluding hydrogens is 292 g/mol. The number of benzene rings is 1. The van der Waals surface area contributed by atoms with Crippen LogP contribution >= 0.6 is 0 Å². The predicted octanol–water partition coefficient (Wildman–Crippen LogP) is 0.799. The van der Waals surface area contributed by atoms with Gasteiger partial charge in [-0.1, -0.05) is 44.2 Å². The van der Waals surface area contributed by atoms with Gasteiger partial charge in [0.2, 0.25) is 5.91 Å². The molecule has 1 fully saturated rings. The molecule has 23 heavy (non-hydrogen) atoms. The number of amides is 1. The fourth-order valence-corrected chi connectivity index (χ4v) is 2.87. The topological polar surface area (TPSA) is 72.8 Å². The molecule has 0 saturated carbocycles. The molecular formula is C18H28N2O3. The molecule has 1 heterocycles. The summed E-state index contributed by atoms with van der Waals surface area (Å²) in [4.78, 5) is 13.9. The Morgan fingerprint density at radius 1 is 1.39 bits per heavy atom. The molecule has 0 aromatic heterocycles. The van der Waals surface area contributed by atoms with Gasteiger partial charge in [-0.25, -0.2) is 0 Å². The maximum atomic E-state index is 12.3. The monoisotopic (exact) mass is 320 g/mol. The van der Waals surface area contributed by atoms with Crippen molar-refractivity contribution in [2.45, 2.75) is 38.4 Å². The highest BCUT2D eigenvalue weighted by Crippen LogP contribution is 2.22. The third-order valence-corrected chi connectivity index (χ3v) is 4.29. The first-order chi connectivity index (χ1) is 10.9. The first-order valence-corrected chi connectivity index (χ1v) is 8.33. The summed E-state index contributed by atoms with van der Waals surface area (Å²) in [6, 6.07) is 9.86. The van der Waals surface area contributed by atoms with Crippen molar-refractivity contribution in [1.82, 2.24) is 10.2 Å². The zero-order valence-electron chi connectivity index (χ0n) is 14.0. The summed E-state index contributed by atoms with van der Waals surface area (Å²) in [5.74, 6) is 0.452. The number of rotatable bonds is 7. The van der Waals surface area contributed by atoms with Crippen molar-refractivity contribution in [2.24, 2.45) is 5.92 Å². The summed E-state index contributed by atoms with van der Waals surface area (Å²) in [5, 5.41) is 23.9. The minimum atomic E-state index is -1.25. The molecule has 1 aromatic carbocycles. The van der Waals surface area contributed by atoms with Gasteiger partial charge in [0.1, 0.15) is 11.7 Å². The van der Waals surface area contributed by atoms with Crippen molar-refractivity contribution in [3.8, 4) is 0 Å². The molecule has 1 aliphatic heterocycles. The van der Waals surface area contributed by atoms with E-state index in [0.29, 0.717) is 25.3 Å². The van der Waals surface area contributed by atoms with E-state index in [1.807, 2.05) is 30.3 Å². The fraction of sp³-hybridized carbons (Fsp3) is 0.611. The molecule has 1 aliphatic rings. The van der Waals surface area contributed by atoms with Crippen molar-refractivity contribution in [3.05, 3.63) is 35.9 Å². The Labute approximate surface area is 138 Å². The molecule has 2 atom stereocenters. The van der Waals surface area contributed by atoms with E-state index in [9.17, 15) is 15.0 Å². The molecule has 0 spiro atoms. The molecule has 1 saturated heterocycles. The standard InChI is InChI=1S/C18H28N2O3/c1-14(2)10-19-12-18(23)13-20(11-16(18)21)17(22)9-8-15-6-4-3-5-7-15/h3-7,14,16,19,21,23H,8-13H2,1-2H3/t16-,18+/m1/s1. The molecule has 128 valence electrons. The lowest BCUT2D eigenvalue weighted by Gasteiger charge is -2.26. The molecule has 0 unspecified atom stereocenters. The summed E-state index contributed by atoms with van der Waals surface area (Å²) in [5.41, 5.74) is -0.133. The van der Waals surface area contributed by atoms with Crippen LogP contribution in [-0.2, 0) is 11.2 Å². The number of likely N-dealkylation sites (tertiary alicyclic amines) is 1. The Morgan fingerprint density at radius 2 is 2.09 bits per heavy atom. The van der Waals surface area contributed by atoms with Gasteiger partial charge in [0.15, 0.2) is 0 Å². The SMILES string of the molecule is CC(C)CNC[C@]1(O)CN(C(=O)CCc2ccccc2)C[C@H]1O. The summed E-state index contributed by atoms with van der Waals surface area (Å²) in [6.45, 7) is 5.63. The number of aliphatic hydroxyl groups excluding tert-OH is 1. The van der Waals surface area contributed by atoms with Gasteiger partial charge in [0.05, 0.1) is 6.54 Å². The number of aliphatic hydroxyl groups is 2. The van der Waals surface area contributed by atoms with Crippen LogP contribution in [0.5, 0.6) is 0 Å². The van der Waals surface area contributed by atoms with Crippen molar-refractivity contribution in [2.75, 3.05) is 26.2 Å². The Morgan fingerprint density at radius 3 is 2.74 bits per heavy atom. The van der Waals surface area contributed by atoms with Gasteiger partial charge >= 0.3 is 0 Å². The minimum absolute atomic E-state index is 0.0207. The van der Waals surface area contributed by atoms with E-state index in [4.69, 9.17) is 0 Å². The number of hydrogen-bond donors (Lipinski definition) is 3. The first-order valence-electron chi connectivity index (χ1n) is 8.33. The van der Waals surface area contributed by atoms with Crippen LogP contribution in [-0.4, -0.2) is 58.9 Å². The Balaban J connectivity index is 1.83. The summed E-state index contributed by atoms with van der Waals surface area (Å²) < 4.78 is 0. The quantitative estimate of drug-likeness (QED) is 0.695. The summed E-state index contributed by atoms with van der Waals surface area (Å²) in [6.07, 6.45) is 0.172. The van der Waals surface area contributed by atoms with Gasteiger partial charge in [-0.2, -0.15) is 0 Å². The van der Waals surface area contributed by atoms with Crippen LogP contribution < -0.4 is 5.32 Å². The lowest BCUT2D eigenvalue weighted by Crippen LogP contribution is -2.50. The maximum absolute atomic E-state index is 12.3. The van der Waals surface area contributed by atoms with E-state index in [-0.39, 0.29) is 19.0 Å². The van der Waals surface area contributed by atoms with Crippen LogP contribution in [0.3, 0.4) is 0 Å². The van der Waals surface area contributed by atoms with Crippen molar-refractivity contribution in [1.29, 1.82) is 0 Å². The number of β-amino-alcohol motifs (C(OH)–C–C–N with tert-alkyl or cyclic N) is 2. The number of nitrogens with zero attached hydrogens (tertiary/aromatic N) is 1. The van der Waals surface area contributed by atoms with E-state index in [1.165, 1.54) is 0 Å². The van der Waals surface area contributed by atoms with Gasteiger partial charge in [-0.3, -0.25) is 4.79 Å². The van der Waals surface area contributed by atoms with Crippen LogP contribution in [0.15, 0.2) is 30.3 Å². The Bertz CT molecular complexity index is 506. The highest BCUT2D eigenvalue weighted by Gasteiger charge is 2.45. The minimum Gasteiger partial charge on any atom is -0.388 e. The molecule has 3 N–H and O–H groups in total. The molecule has 5 heteroatoms. The second-order valence-corrected chi connectivity index (χ2v) is 6.90. The highest BCUT2D eigenvalue weighted by molar-refractivity contribution is 5.77. The average Bonchev–Trinajstić information content (AvgIpc) is 2.81. The summed E-state index contributed by atoms with van der Waals surface area (Å²) in [7, 11) is 0. The second-order valence-electron chi connectivity index (χ2n) is 6.90. The van der Waals surface area contributed by atoms with E-state index in [2.05, 4.69) is 19.2 Å². The first kappa shape index (κ1) is 17.9. The van der Waals surface area contributed by atoms with Crippen LogP contribution in [0.25, 0.3) is 0 Å². The molecule has 0 aliphatic carbocycles. The van der Waals surface area contributed by atoms with Crippen LogP contribution in [0.2, 0.25) is 0 Å². The van der Waals surface area contributed by atoms with Gasteiger partial charge in [0, 0.05) is 19.5 Å².